The predicted octanol–water partition coefficient (Wildman–Crippen LogP) is 2.16. The number of aromatic nitrogens is 4. The van der Waals surface area contributed by atoms with E-state index in [1.807, 2.05) is 28.8 Å². The van der Waals surface area contributed by atoms with Gasteiger partial charge in [0.25, 0.3) is 0 Å². The number of carbonyl (C=O) groups is 2. The second kappa shape index (κ2) is 10.3. The summed E-state index contributed by atoms with van der Waals surface area (Å²) in [7, 11) is 0. The highest BCUT2D eigenvalue weighted by atomic mass is 32.1. The Kier molecular flexibility index (Phi) is 6.68. The van der Waals surface area contributed by atoms with Gasteiger partial charge in [0, 0.05) is 37.5 Å². The number of carboxylic acids is 1. The van der Waals surface area contributed by atoms with Crippen LogP contribution in [0.4, 0.5) is 5.82 Å². The van der Waals surface area contributed by atoms with Crippen LogP contribution in [-0.2, 0) is 27.3 Å². The Morgan fingerprint density at radius 3 is 2.66 bits per heavy atom. The first-order chi connectivity index (χ1) is 18.5. The van der Waals surface area contributed by atoms with Crippen molar-refractivity contribution in [3.63, 3.8) is 0 Å². The van der Waals surface area contributed by atoms with Crippen LogP contribution in [0.25, 0.3) is 27.2 Å². The molecule has 11 nitrogen and oxygen atoms in total. The molecule has 0 spiro atoms. The molecule has 0 saturated carbocycles. The third-order valence-corrected chi connectivity index (χ3v) is 8.06. The number of rotatable bonds is 7. The van der Waals surface area contributed by atoms with E-state index in [0.717, 1.165) is 57.3 Å². The van der Waals surface area contributed by atoms with Gasteiger partial charge in [0.05, 0.1) is 54.1 Å². The zero-order chi connectivity index (χ0) is 26.2. The van der Waals surface area contributed by atoms with Crippen molar-refractivity contribution in [2.75, 3.05) is 57.4 Å². The highest BCUT2D eigenvalue weighted by Gasteiger charge is 2.27. The fourth-order valence-electron chi connectivity index (χ4n) is 5.09. The van der Waals surface area contributed by atoms with Crippen LogP contribution < -0.4 is 4.90 Å². The molecule has 38 heavy (non-hydrogen) atoms. The number of carboxylic acid groups (broad SMARTS) is 1. The van der Waals surface area contributed by atoms with E-state index in [4.69, 9.17) is 24.8 Å². The molecule has 0 radical (unpaired) electrons. The third-order valence-electron chi connectivity index (χ3n) is 6.95. The number of ether oxygens (including phenoxy) is 1. The number of aliphatic carboxylic acids is 1. The van der Waals surface area contributed by atoms with Gasteiger partial charge in [-0.05, 0) is 18.2 Å². The lowest BCUT2D eigenvalue weighted by molar-refractivity contribution is -0.142. The van der Waals surface area contributed by atoms with Gasteiger partial charge in [-0.15, -0.1) is 11.3 Å². The standard InChI is InChI=1S/C26H29N7O4S/c1-2-21-27-18-5-3-4-6-20(18)33(21)26-28-19-13-17(14-32-8-7-30(15-22(32)34)16-23(35)36)38-24(19)25(29-26)31-9-11-37-12-10-31/h3-6,13H,2,7-12,14-16H2,1H3,(H,35,36). The van der Waals surface area contributed by atoms with Crippen LogP contribution in [0, 0.1) is 0 Å². The molecule has 2 saturated heterocycles. The van der Waals surface area contributed by atoms with Crippen molar-refractivity contribution in [1.29, 1.82) is 0 Å². The van der Waals surface area contributed by atoms with E-state index in [9.17, 15) is 9.59 Å². The molecule has 2 fully saturated rings. The molecule has 2 aliphatic heterocycles. The van der Waals surface area contributed by atoms with Crippen molar-refractivity contribution in [2.45, 2.75) is 19.9 Å². The Morgan fingerprint density at radius 2 is 1.89 bits per heavy atom. The minimum atomic E-state index is -0.919. The number of anilines is 1. The molecule has 198 valence electrons. The maximum Gasteiger partial charge on any atom is 0.317 e. The highest BCUT2D eigenvalue weighted by Crippen LogP contribution is 2.35. The summed E-state index contributed by atoms with van der Waals surface area (Å²) < 4.78 is 8.63. The first-order valence-corrected chi connectivity index (χ1v) is 13.6. The van der Waals surface area contributed by atoms with Gasteiger partial charge in [-0.3, -0.25) is 19.1 Å². The summed E-state index contributed by atoms with van der Waals surface area (Å²) >= 11 is 1.61. The highest BCUT2D eigenvalue weighted by molar-refractivity contribution is 7.19. The average molecular weight is 536 g/mol. The Labute approximate surface area is 223 Å². The lowest BCUT2D eigenvalue weighted by atomic mass is 10.3. The number of aryl methyl sites for hydroxylation is 1. The number of thiophene rings is 1. The fourth-order valence-corrected chi connectivity index (χ4v) is 6.22. The molecule has 0 unspecified atom stereocenters. The molecule has 0 bridgehead atoms. The number of hydrogen-bond acceptors (Lipinski definition) is 9. The second-order valence-electron chi connectivity index (χ2n) is 9.50. The number of benzene rings is 1. The van der Waals surface area contributed by atoms with Gasteiger partial charge in [-0.25, -0.2) is 9.97 Å². The Bertz CT molecular complexity index is 1510. The van der Waals surface area contributed by atoms with Crippen molar-refractivity contribution in [3.8, 4) is 5.95 Å². The van der Waals surface area contributed by atoms with E-state index in [2.05, 4.69) is 17.9 Å². The largest absolute Gasteiger partial charge is 0.480 e. The summed E-state index contributed by atoms with van der Waals surface area (Å²) in [5.41, 5.74) is 2.72. The number of fused-ring (bicyclic) bond motifs is 2. The molecule has 1 N–H and O–H groups in total. The topological polar surface area (TPSA) is 117 Å². The Balaban J connectivity index is 1.38. The zero-order valence-corrected chi connectivity index (χ0v) is 22.0. The monoisotopic (exact) mass is 535 g/mol. The van der Waals surface area contributed by atoms with Gasteiger partial charge in [0.2, 0.25) is 11.9 Å². The summed E-state index contributed by atoms with van der Waals surface area (Å²) in [5, 5.41) is 9.05. The minimum absolute atomic E-state index is 0.0624. The SMILES string of the molecule is CCc1nc2ccccc2n1-c1nc(N2CCOCC2)c2sc(CN3CCN(CC(=O)O)CC3=O)cc2n1. The minimum Gasteiger partial charge on any atom is -0.480 e. The molecule has 0 atom stereocenters. The second-order valence-corrected chi connectivity index (χ2v) is 10.6. The van der Waals surface area contributed by atoms with Crippen molar-refractivity contribution in [2.24, 2.45) is 0 Å². The van der Waals surface area contributed by atoms with E-state index in [1.54, 1.807) is 21.1 Å². The summed E-state index contributed by atoms with van der Waals surface area (Å²) in [6.45, 7) is 6.35. The quantitative estimate of drug-likeness (QED) is 0.380. The number of piperazine rings is 1. The van der Waals surface area contributed by atoms with Gasteiger partial charge >= 0.3 is 5.97 Å². The van der Waals surface area contributed by atoms with E-state index in [1.165, 1.54) is 0 Å². The van der Waals surface area contributed by atoms with Gasteiger partial charge in [0.1, 0.15) is 5.82 Å². The smallest absolute Gasteiger partial charge is 0.317 e. The Hall–Kier alpha value is -3.61. The number of para-hydroxylation sites is 2. The van der Waals surface area contributed by atoms with Crippen LogP contribution in [-0.4, -0.2) is 98.8 Å². The van der Waals surface area contributed by atoms with Crippen LogP contribution in [0.5, 0.6) is 0 Å². The molecule has 1 amide bonds. The molecule has 4 aromatic rings. The van der Waals surface area contributed by atoms with Crippen molar-refractivity contribution in [1.82, 2.24) is 29.3 Å². The number of amides is 1. The van der Waals surface area contributed by atoms with E-state index < -0.39 is 5.97 Å². The first-order valence-electron chi connectivity index (χ1n) is 12.8. The van der Waals surface area contributed by atoms with E-state index >= 15 is 0 Å². The summed E-state index contributed by atoms with van der Waals surface area (Å²) in [4.78, 5) is 45.4. The molecular weight excluding hydrogens is 506 g/mol. The maximum atomic E-state index is 12.8. The first kappa shape index (κ1) is 24.7. The van der Waals surface area contributed by atoms with Gasteiger partial charge in [-0.1, -0.05) is 19.1 Å². The van der Waals surface area contributed by atoms with Gasteiger partial charge < -0.3 is 19.6 Å². The molecule has 12 heteroatoms. The summed E-state index contributed by atoms with van der Waals surface area (Å²) in [6, 6.07) is 10.1. The lowest BCUT2D eigenvalue weighted by Gasteiger charge is -2.33. The van der Waals surface area contributed by atoms with Crippen molar-refractivity contribution >= 4 is 50.3 Å². The number of carbonyl (C=O) groups excluding carboxylic acids is 1. The molecule has 2 aliphatic rings. The summed E-state index contributed by atoms with van der Waals surface area (Å²) in [6.07, 6.45) is 0.744. The number of hydrogen-bond donors (Lipinski definition) is 1. The van der Waals surface area contributed by atoms with Gasteiger partial charge in [-0.2, -0.15) is 4.98 Å². The van der Waals surface area contributed by atoms with E-state index in [0.29, 0.717) is 38.8 Å². The number of nitrogens with zero attached hydrogens (tertiary/aromatic N) is 7. The normalized spacial score (nSPS) is 17.1. The molecule has 0 aliphatic carbocycles. The number of morpholine rings is 1. The Morgan fingerprint density at radius 1 is 1.08 bits per heavy atom. The van der Waals surface area contributed by atoms with Gasteiger partial charge in [0.15, 0.2) is 5.82 Å². The molecule has 5 heterocycles. The third kappa shape index (κ3) is 4.70. The lowest BCUT2D eigenvalue weighted by Crippen LogP contribution is -2.50. The van der Waals surface area contributed by atoms with Crippen LogP contribution in [0.15, 0.2) is 30.3 Å². The van der Waals surface area contributed by atoms with Crippen LogP contribution >= 0.6 is 11.3 Å². The van der Waals surface area contributed by atoms with E-state index in [-0.39, 0.29) is 19.0 Å². The predicted molar refractivity (Wildman–Crippen MR) is 144 cm³/mol. The van der Waals surface area contributed by atoms with Crippen LogP contribution in [0.3, 0.4) is 0 Å². The maximum absolute atomic E-state index is 12.8. The zero-order valence-electron chi connectivity index (χ0n) is 21.2. The molecule has 3 aromatic heterocycles. The van der Waals surface area contributed by atoms with Crippen molar-refractivity contribution < 1.29 is 19.4 Å². The number of imidazole rings is 1. The summed E-state index contributed by atoms with van der Waals surface area (Å²) in [5.74, 6) is 1.39. The average Bonchev–Trinajstić information content (AvgIpc) is 3.50. The van der Waals surface area contributed by atoms with Crippen LogP contribution in [0.2, 0.25) is 0 Å². The molecular formula is C26H29N7O4S. The van der Waals surface area contributed by atoms with Crippen molar-refractivity contribution in [3.05, 3.63) is 41.0 Å². The van der Waals surface area contributed by atoms with Crippen LogP contribution in [0.1, 0.15) is 17.6 Å². The molecule has 6 rings (SSSR count). The molecule has 1 aromatic carbocycles. The fraction of sp³-hybridized carbons (Fsp3) is 0.423.